The van der Waals surface area contributed by atoms with E-state index in [0.717, 1.165) is 34.7 Å². The molecule has 19 heavy (non-hydrogen) atoms. The summed E-state index contributed by atoms with van der Waals surface area (Å²) in [5.74, 6) is 2.18. The number of ether oxygens (including phenoxy) is 1. The highest BCUT2D eigenvalue weighted by atomic mass is 79.9. The molecular formula is C13H13BrN4O. The van der Waals surface area contributed by atoms with Crippen molar-refractivity contribution in [3.05, 3.63) is 40.6 Å². The van der Waals surface area contributed by atoms with Crippen molar-refractivity contribution in [2.45, 2.75) is 6.54 Å². The van der Waals surface area contributed by atoms with Crippen molar-refractivity contribution >= 4 is 27.6 Å². The molecule has 0 radical (unpaired) electrons. The van der Waals surface area contributed by atoms with Crippen LogP contribution in [0.2, 0.25) is 0 Å². The van der Waals surface area contributed by atoms with Crippen molar-refractivity contribution in [2.24, 2.45) is 0 Å². The average Bonchev–Trinajstić information content (AvgIpc) is 2.64. The first-order valence-electron chi connectivity index (χ1n) is 5.97. The van der Waals surface area contributed by atoms with Gasteiger partial charge in [0, 0.05) is 12.1 Å². The molecule has 5 nitrogen and oxygen atoms in total. The van der Waals surface area contributed by atoms with Crippen LogP contribution >= 0.6 is 15.9 Å². The molecule has 98 valence electrons. The number of anilines is 2. The Morgan fingerprint density at radius 1 is 1.26 bits per heavy atom. The lowest BCUT2D eigenvalue weighted by molar-refractivity contribution is 0.331. The first-order chi connectivity index (χ1) is 9.25. The number of hydrogen-bond donors (Lipinski definition) is 1. The van der Waals surface area contributed by atoms with Crippen LogP contribution in [0.1, 0.15) is 5.56 Å². The van der Waals surface area contributed by atoms with E-state index in [1.54, 1.807) is 0 Å². The summed E-state index contributed by atoms with van der Waals surface area (Å²) in [7, 11) is 0. The summed E-state index contributed by atoms with van der Waals surface area (Å²) in [5.41, 5.74) is 6.95. The van der Waals surface area contributed by atoms with Crippen molar-refractivity contribution in [3.8, 4) is 5.75 Å². The van der Waals surface area contributed by atoms with Gasteiger partial charge in [-0.05, 0) is 22.0 Å². The SMILES string of the molecule is Nc1ncnc(N2CCOc3ccccc3C2)c1Br. The predicted molar refractivity (Wildman–Crippen MR) is 77.1 cm³/mol. The molecule has 2 aromatic rings. The Bertz CT molecular complexity index is 605. The van der Waals surface area contributed by atoms with E-state index in [1.807, 2.05) is 18.2 Å². The smallest absolute Gasteiger partial charge is 0.148 e. The third-order valence-electron chi connectivity index (χ3n) is 3.05. The van der Waals surface area contributed by atoms with E-state index in [9.17, 15) is 0 Å². The lowest BCUT2D eigenvalue weighted by atomic mass is 10.2. The van der Waals surface area contributed by atoms with Gasteiger partial charge in [0.1, 0.15) is 34.8 Å². The van der Waals surface area contributed by atoms with Crippen LogP contribution in [0.3, 0.4) is 0 Å². The largest absolute Gasteiger partial charge is 0.491 e. The summed E-state index contributed by atoms with van der Waals surface area (Å²) in [6.07, 6.45) is 1.48. The minimum Gasteiger partial charge on any atom is -0.491 e. The third-order valence-corrected chi connectivity index (χ3v) is 3.81. The zero-order valence-corrected chi connectivity index (χ0v) is 11.8. The van der Waals surface area contributed by atoms with Crippen LogP contribution in [0.5, 0.6) is 5.75 Å². The minimum absolute atomic E-state index is 0.448. The summed E-state index contributed by atoms with van der Waals surface area (Å²) < 4.78 is 6.47. The molecule has 2 N–H and O–H groups in total. The van der Waals surface area contributed by atoms with Crippen molar-refractivity contribution < 1.29 is 4.74 Å². The Morgan fingerprint density at radius 2 is 2.11 bits per heavy atom. The molecule has 0 aliphatic carbocycles. The lowest BCUT2D eigenvalue weighted by Crippen LogP contribution is -2.26. The van der Waals surface area contributed by atoms with Crippen LogP contribution in [0.4, 0.5) is 11.6 Å². The van der Waals surface area contributed by atoms with Gasteiger partial charge in [-0.1, -0.05) is 18.2 Å². The maximum absolute atomic E-state index is 5.81. The molecular weight excluding hydrogens is 308 g/mol. The fourth-order valence-electron chi connectivity index (χ4n) is 2.10. The maximum atomic E-state index is 5.81. The Kier molecular flexibility index (Phi) is 3.25. The second kappa shape index (κ2) is 5.05. The maximum Gasteiger partial charge on any atom is 0.148 e. The fourth-order valence-corrected chi connectivity index (χ4v) is 2.56. The highest BCUT2D eigenvalue weighted by Crippen LogP contribution is 2.31. The van der Waals surface area contributed by atoms with E-state index in [1.165, 1.54) is 6.33 Å². The molecule has 1 aliphatic rings. The van der Waals surface area contributed by atoms with Crippen LogP contribution in [0.15, 0.2) is 35.1 Å². The monoisotopic (exact) mass is 320 g/mol. The van der Waals surface area contributed by atoms with Gasteiger partial charge in [0.05, 0.1) is 6.54 Å². The lowest BCUT2D eigenvalue weighted by Gasteiger charge is -2.22. The van der Waals surface area contributed by atoms with Gasteiger partial charge in [-0.25, -0.2) is 9.97 Å². The van der Waals surface area contributed by atoms with E-state index >= 15 is 0 Å². The molecule has 0 amide bonds. The summed E-state index contributed by atoms with van der Waals surface area (Å²) in [6.45, 7) is 2.11. The van der Waals surface area contributed by atoms with E-state index in [-0.39, 0.29) is 0 Å². The minimum atomic E-state index is 0.448. The van der Waals surface area contributed by atoms with Crippen molar-refractivity contribution in [1.29, 1.82) is 0 Å². The number of nitrogens with zero attached hydrogens (tertiary/aromatic N) is 3. The number of nitrogens with two attached hydrogens (primary N) is 1. The molecule has 0 spiro atoms. The number of benzene rings is 1. The molecule has 0 saturated carbocycles. The number of halogens is 1. The zero-order chi connectivity index (χ0) is 13.2. The van der Waals surface area contributed by atoms with Gasteiger partial charge in [0.25, 0.3) is 0 Å². The molecule has 1 aliphatic heterocycles. The number of nitrogen functional groups attached to an aromatic ring is 1. The van der Waals surface area contributed by atoms with Crippen LogP contribution in [-0.4, -0.2) is 23.1 Å². The van der Waals surface area contributed by atoms with Crippen molar-refractivity contribution in [2.75, 3.05) is 23.8 Å². The first kappa shape index (κ1) is 12.2. The molecule has 1 aromatic carbocycles. The molecule has 6 heteroatoms. The Hall–Kier alpha value is -1.82. The first-order valence-corrected chi connectivity index (χ1v) is 6.76. The summed E-state index contributed by atoms with van der Waals surface area (Å²) in [4.78, 5) is 10.4. The quantitative estimate of drug-likeness (QED) is 0.872. The van der Waals surface area contributed by atoms with Crippen LogP contribution in [0.25, 0.3) is 0 Å². The normalized spacial score (nSPS) is 14.5. The van der Waals surface area contributed by atoms with Gasteiger partial charge in [-0.3, -0.25) is 0 Å². The molecule has 3 rings (SSSR count). The van der Waals surface area contributed by atoms with Gasteiger partial charge < -0.3 is 15.4 Å². The van der Waals surface area contributed by atoms with Crippen LogP contribution in [0, 0.1) is 0 Å². The topological polar surface area (TPSA) is 64.3 Å². The molecule has 0 fully saturated rings. The van der Waals surface area contributed by atoms with Crippen LogP contribution < -0.4 is 15.4 Å². The number of fused-ring (bicyclic) bond motifs is 1. The van der Waals surface area contributed by atoms with E-state index in [2.05, 4.69) is 36.9 Å². The van der Waals surface area contributed by atoms with E-state index in [0.29, 0.717) is 12.4 Å². The number of rotatable bonds is 1. The Labute approximate surface area is 119 Å². The van der Waals surface area contributed by atoms with Gasteiger partial charge in [-0.2, -0.15) is 0 Å². The highest BCUT2D eigenvalue weighted by Gasteiger charge is 2.19. The number of para-hydroxylation sites is 1. The standard InChI is InChI=1S/C13H13BrN4O/c14-11-12(15)16-8-17-13(11)18-5-6-19-10-4-2-1-3-9(10)7-18/h1-4,8H,5-7H2,(H2,15,16,17). The van der Waals surface area contributed by atoms with E-state index in [4.69, 9.17) is 10.5 Å². The predicted octanol–water partition coefficient (Wildman–Crippen LogP) is 2.22. The molecule has 2 heterocycles. The van der Waals surface area contributed by atoms with Gasteiger partial charge in [-0.15, -0.1) is 0 Å². The molecule has 0 atom stereocenters. The highest BCUT2D eigenvalue weighted by molar-refractivity contribution is 9.10. The van der Waals surface area contributed by atoms with Gasteiger partial charge in [0.15, 0.2) is 0 Å². The molecule has 0 saturated heterocycles. The van der Waals surface area contributed by atoms with Crippen molar-refractivity contribution in [3.63, 3.8) is 0 Å². The summed E-state index contributed by atoms with van der Waals surface area (Å²) in [5, 5.41) is 0. The fraction of sp³-hybridized carbons (Fsp3) is 0.231. The number of aromatic nitrogens is 2. The van der Waals surface area contributed by atoms with Crippen molar-refractivity contribution in [1.82, 2.24) is 9.97 Å². The average molecular weight is 321 g/mol. The second-order valence-electron chi connectivity index (χ2n) is 4.27. The van der Waals surface area contributed by atoms with Gasteiger partial charge in [0.2, 0.25) is 0 Å². The second-order valence-corrected chi connectivity index (χ2v) is 5.07. The Balaban J connectivity index is 1.96. The zero-order valence-electron chi connectivity index (χ0n) is 10.2. The van der Waals surface area contributed by atoms with Crippen LogP contribution in [-0.2, 0) is 6.54 Å². The third kappa shape index (κ3) is 2.35. The molecule has 0 bridgehead atoms. The van der Waals surface area contributed by atoms with E-state index < -0.39 is 0 Å². The van der Waals surface area contributed by atoms with Gasteiger partial charge >= 0.3 is 0 Å². The summed E-state index contributed by atoms with van der Waals surface area (Å²) >= 11 is 3.45. The molecule has 0 unspecified atom stereocenters. The number of hydrogen-bond acceptors (Lipinski definition) is 5. The Morgan fingerprint density at radius 3 is 3.00 bits per heavy atom. The molecule has 1 aromatic heterocycles. The summed E-state index contributed by atoms with van der Waals surface area (Å²) in [6, 6.07) is 8.04.